The Balaban J connectivity index is 2.41. The van der Waals surface area contributed by atoms with E-state index < -0.39 is 0 Å². The number of aliphatic hydroxyl groups is 1. The van der Waals surface area contributed by atoms with Crippen LogP contribution in [0.1, 0.15) is 52.4 Å². The molecule has 0 aromatic carbocycles. The molecule has 0 radical (unpaired) electrons. The Morgan fingerprint density at radius 1 is 1.36 bits per heavy atom. The molecule has 0 aromatic rings. The molecule has 0 bridgehead atoms. The Bertz CT molecular complexity index is 112. The topological polar surface area (TPSA) is 20.2 Å². The highest BCUT2D eigenvalue weighted by molar-refractivity contribution is 4.84. The lowest BCUT2D eigenvalue weighted by Crippen LogP contribution is -2.32. The van der Waals surface area contributed by atoms with Crippen LogP contribution in [-0.2, 0) is 0 Å². The molecular formula is C10H20O. The van der Waals surface area contributed by atoms with Gasteiger partial charge >= 0.3 is 0 Å². The van der Waals surface area contributed by atoms with Gasteiger partial charge in [-0.05, 0) is 32.1 Å². The highest BCUT2D eigenvalue weighted by Gasteiger charge is 2.32. The maximum Gasteiger partial charge on any atom is 0.0647 e. The summed E-state index contributed by atoms with van der Waals surface area (Å²) in [6.45, 7) is 4.15. The predicted molar refractivity (Wildman–Crippen MR) is 47.5 cm³/mol. The van der Waals surface area contributed by atoms with E-state index in [0.29, 0.717) is 5.92 Å². The van der Waals surface area contributed by atoms with Crippen LogP contribution in [0.25, 0.3) is 0 Å². The standard InChI is InChI=1S/C10H20O/c1-3-8-10(2,11)9-6-4-5-7-9/h9,11H,3-8H2,1-2H3. The smallest absolute Gasteiger partial charge is 0.0647 e. The van der Waals surface area contributed by atoms with Gasteiger partial charge in [0.05, 0.1) is 5.60 Å². The fourth-order valence-electron chi connectivity index (χ4n) is 2.26. The summed E-state index contributed by atoms with van der Waals surface area (Å²) >= 11 is 0. The van der Waals surface area contributed by atoms with Crippen molar-refractivity contribution in [3.8, 4) is 0 Å². The third-order valence-electron chi connectivity index (χ3n) is 2.99. The van der Waals surface area contributed by atoms with Crippen LogP contribution >= 0.6 is 0 Å². The van der Waals surface area contributed by atoms with E-state index in [9.17, 15) is 5.11 Å². The summed E-state index contributed by atoms with van der Waals surface area (Å²) < 4.78 is 0. The first-order valence-corrected chi connectivity index (χ1v) is 4.89. The fourth-order valence-corrected chi connectivity index (χ4v) is 2.26. The van der Waals surface area contributed by atoms with Gasteiger partial charge in [-0.15, -0.1) is 0 Å². The molecule has 0 aromatic heterocycles. The van der Waals surface area contributed by atoms with Crippen LogP contribution in [0.4, 0.5) is 0 Å². The quantitative estimate of drug-likeness (QED) is 0.666. The van der Waals surface area contributed by atoms with Gasteiger partial charge in [0.25, 0.3) is 0 Å². The lowest BCUT2D eigenvalue weighted by molar-refractivity contribution is -0.00686. The van der Waals surface area contributed by atoms with E-state index in [-0.39, 0.29) is 5.60 Å². The minimum atomic E-state index is -0.370. The average Bonchev–Trinajstić information content (AvgIpc) is 2.37. The summed E-state index contributed by atoms with van der Waals surface area (Å²) in [6, 6.07) is 0. The normalized spacial score (nSPS) is 25.4. The van der Waals surface area contributed by atoms with Gasteiger partial charge in [0.15, 0.2) is 0 Å². The van der Waals surface area contributed by atoms with Crippen molar-refractivity contribution < 1.29 is 5.11 Å². The molecular weight excluding hydrogens is 136 g/mol. The first kappa shape index (κ1) is 9.05. The van der Waals surface area contributed by atoms with Gasteiger partial charge in [-0.2, -0.15) is 0 Å². The maximum absolute atomic E-state index is 10.0. The van der Waals surface area contributed by atoms with Crippen molar-refractivity contribution in [1.82, 2.24) is 0 Å². The lowest BCUT2D eigenvalue weighted by Gasteiger charge is -2.29. The monoisotopic (exact) mass is 156 g/mol. The molecule has 1 heteroatoms. The molecule has 0 aliphatic heterocycles. The summed E-state index contributed by atoms with van der Waals surface area (Å²) in [5.41, 5.74) is -0.370. The zero-order valence-electron chi connectivity index (χ0n) is 7.77. The van der Waals surface area contributed by atoms with Crippen LogP contribution in [0.5, 0.6) is 0 Å². The average molecular weight is 156 g/mol. The van der Waals surface area contributed by atoms with Gasteiger partial charge in [0, 0.05) is 0 Å². The number of rotatable bonds is 3. The second kappa shape index (κ2) is 3.57. The molecule has 1 rings (SSSR count). The summed E-state index contributed by atoms with van der Waals surface area (Å²) in [6.07, 6.45) is 7.20. The second-order valence-corrected chi connectivity index (χ2v) is 4.09. The Hall–Kier alpha value is -0.0400. The molecule has 1 fully saturated rings. The van der Waals surface area contributed by atoms with Crippen molar-refractivity contribution in [3.63, 3.8) is 0 Å². The van der Waals surface area contributed by atoms with Crippen LogP contribution in [0.2, 0.25) is 0 Å². The van der Waals surface area contributed by atoms with Crippen molar-refractivity contribution in [2.45, 2.75) is 58.0 Å². The molecule has 0 saturated heterocycles. The fraction of sp³-hybridized carbons (Fsp3) is 1.00. The Kier molecular flexibility index (Phi) is 2.94. The van der Waals surface area contributed by atoms with E-state index in [2.05, 4.69) is 6.92 Å². The number of hydrogen-bond acceptors (Lipinski definition) is 1. The molecule has 1 nitrogen and oxygen atoms in total. The molecule has 0 heterocycles. The molecule has 66 valence electrons. The highest BCUT2D eigenvalue weighted by Crippen LogP contribution is 2.36. The molecule has 0 spiro atoms. The van der Waals surface area contributed by atoms with Gasteiger partial charge in [-0.25, -0.2) is 0 Å². The Morgan fingerprint density at radius 3 is 2.36 bits per heavy atom. The molecule has 1 atom stereocenters. The molecule has 1 saturated carbocycles. The van der Waals surface area contributed by atoms with Gasteiger partial charge in [-0.3, -0.25) is 0 Å². The van der Waals surface area contributed by atoms with Crippen LogP contribution in [0.15, 0.2) is 0 Å². The van der Waals surface area contributed by atoms with Gasteiger partial charge in [-0.1, -0.05) is 26.2 Å². The third-order valence-corrected chi connectivity index (χ3v) is 2.99. The molecule has 11 heavy (non-hydrogen) atoms. The Labute approximate surface area is 69.8 Å². The Morgan fingerprint density at radius 2 is 1.91 bits per heavy atom. The molecule has 1 unspecified atom stereocenters. The second-order valence-electron chi connectivity index (χ2n) is 4.09. The zero-order chi connectivity index (χ0) is 8.32. The van der Waals surface area contributed by atoms with Crippen molar-refractivity contribution in [1.29, 1.82) is 0 Å². The first-order chi connectivity index (χ1) is 5.17. The summed E-state index contributed by atoms with van der Waals surface area (Å²) in [5, 5.41) is 10.0. The van der Waals surface area contributed by atoms with Crippen molar-refractivity contribution in [2.24, 2.45) is 5.92 Å². The van der Waals surface area contributed by atoms with Crippen LogP contribution in [-0.4, -0.2) is 10.7 Å². The van der Waals surface area contributed by atoms with E-state index >= 15 is 0 Å². The SMILES string of the molecule is CCCC(C)(O)C1CCCC1. The van der Waals surface area contributed by atoms with Crippen molar-refractivity contribution >= 4 is 0 Å². The third kappa shape index (κ3) is 2.19. The summed E-state index contributed by atoms with van der Waals surface area (Å²) in [4.78, 5) is 0. The zero-order valence-corrected chi connectivity index (χ0v) is 7.77. The van der Waals surface area contributed by atoms with Gasteiger partial charge in [0.1, 0.15) is 0 Å². The molecule has 0 amide bonds. The highest BCUT2D eigenvalue weighted by atomic mass is 16.3. The van der Waals surface area contributed by atoms with E-state index in [1.807, 2.05) is 6.92 Å². The van der Waals surface area contributed by atoms with Crippen LogP contribution < -0.4 is 0 Å². The summed E-state index contributed by atoms with van der Waals surface area (Å²) in [5.74, 6) is 0.586. The van der Waals surface area contributed by atoms with Gasteiger partial charge < -0.3 is 5.11 Å². The van der Waals surface area contributed by atoms with Gasteiger partial charge in [0.2, 0.25) is 0 Å². The first-order valence-electron chi connectivity index (χ1n) is 4.89. The molecule has 1 aliphatic rings. The van der Waals surface area contributed by atoms with E-state index in [1.165, 1.54) is 25.7 Å². The minimum absolute atomic E-state index is 0.370. The van der Waals surface area contributed by atoms with E-state index in [4.69, 9.17) is 0 Å². The van der Waals surface area contributed by atoms with Crippen molar-refractivity contribution in [2.75, 3.05) is 0 Å². The number of hydrogen-bond donors (Lipinski definition) is 1. The largest absolute Gasteiger partial charge is 0.390 e. The maximum atomic E-state index is 10.0. The predicted octanol–water partition coefficient (Wildman–Crippen LogP) is 2.73. The molecule has 1 N–H and O–H groups in total. The van der Waals surface area contributed by atoms with Crippen LogP contribution in [0, 0.1) is 5.92 Å². The summed E-state index contributed by atoms with van der Waals surface area (Å²) in [7, 11) is 0. The van der Waals surface area contributed by atoms with E-state index in [1.54, 1.807) is 0 Å². The molecule has 1 aliphatic carbocycles. The van der Waals surface area contributed by atoms with Crippen molar-refractivity contribution in [3.05, 3.63) is 0 Å². The van der Waals surface area contributed by atoms with Crippen LogP contribution in [0.3, 0.4) is 0 Å². The lowest BCUT2D eigenvalue weighted by atomic mass is 9.84. The van der Waals surface area contributed by atoms with E-state index in [0.717, 1.165) is 12.8 Å². The minimum Gasteiger partial charge on any atom is -0.390 e.